The normalized spacial score (nSPS) is 10.7. The lowest BCUT2D eigenvalue weighted by Gasteiger charge is -1.95. The molecule has 2 aromatic rings. The number of rotatable bonds is 1. The van der Waals surface area contributed by atoms with Gasteiger partial charge in [-0.25, -0.2) is 9.78 Å². The van der Waals surface area contributed by atoms with Gasteiger partial charge in [0.25, 0.3) is 0 Å². The van der Waals surface area contributed by atoms with Gasteiger partial charge < -0.3 is 10.1 Å². The highest BCUT2D eigenvalue weighted by atomic mass is 16.4. The lowest BCUT2D eigenvalue weighted by Crippen LogP contribution is -1.97. The molecule has 4 heteroatoms. The number of carboxylic acid groups (broad SMARTS) is 1. The topological polar surface area (TPSA) is 66.0 Å². The fraction of sp³-hybridized carbons (Fsp3) is 0.200. The molecule has 0 atom stereocenters. The summed E-state index contributed by atoms with van der Waals surface area (Å²) in [7, 11) is 0. The third kappa shape index (κ3) is 1.25. The van der Waals surface area contributed by atoms with Crippen molar-refractivity contribution in [3.63, 3.8) is 0 Å². The molecule has 72 valence electrons. The second kappa shape index (κ2) is 2.83. The average molecular weight is 190 g/mol. The van der Waals surface area contributed by atoms with Crippen molar-refractivity contribution in [3.05, 3.63) is 29.1 Å². The van der Waals surface area contributed by atoms with Crippen molar-refractivity contribution in [1.82, 2.24) is 9.97 Å². The van der Waals surface area contributed by atoms with E-state index in [2.05, 4.69) is 9.97 Å². The van der Waals surface area contributed by atoms with Crippen molar-refractivity contribution >= 4 is 17.0 Å². The van der Waals surface area contributed by atoms with Crippen LogP contribution in [0.15, 0.2) is 12.1 Å². The molecular formula is C10H10N2O2. The number of fused-ring (bicyclic) bond motifs is 1. The number of aromatic nitrogens is 2. The summed E-state index contributed by atoms with van der Waals surface area (Å²) in [5.41, 5.74) is 3.59. The molecule has 1 aromatic heterocycles. The summed E-state index contributed by atoms with van der Waals surface area (Å²) in [5.74, 6) is -1.04. The van der Waals surface area contributed by atoms with E-state index in [1.807, 2.05) is 26.0 Å². The Hall–Kier alpha value is -1.84. The van der Waals surface area contributed by atoms with Gasteiger partial charge in [0.15, 0.2) is 0 Å². The molecule has 14 heavy (non-hydrogen) atoms. The molecule has 0 saturated carbocycles. The van der Waals surface area contributed by atoms with Gasteiger partial charge in [-0.1, -0.05) is 6.07 Å². The minimum atomic E-state index is -1.03. The van der Waals surface area contributed by atoms with Crippen LogP contribution in [0.2, 0.25) is 0 Å². The van der Waals surface area contributed by atoms with E-state index < -0.39 is 5.97 Å². The predicted octanol–water partition coefficient (Wildman–Crippen LogP) is 1.88. The second-order valence-electron chi connectivity index (χ2n) is 3.37. The summed E-state index contributed by atoms with van der Waals surface area (Å²) in [5, 5.41) is 8.75. The summed E-state index contributed by atoms with van der Waals surface area (Å²) in [6.45, 7) is 3.88. The number of hydrogen-bond donors (Lipinski definition) is 2. The Labute approximate surface area is 80.6 Å². The molecule has 2 rings (SSSR count). The van der Waals surface area contributed by atoms with Gasteiger partial charge in [-0.2, -0.15) is 0 Å². The van der Waals surface area contributed by atoms with Gasteiger partial charge in [0.1, 0.15) is 0 Å². The quantitative estimate of drug-likeness (QED) is 0.721. The van der Waals surface area contributed by atoms with Gasteiger partial charge in [-0.15, -0.1) is 0 Å². The summed E-state index contributed by atoms with van der Waals surface area (Å²) in [4.78, 5) is 17.4. The molecule has 1 aromatic carbocycles. The van der Waals surface area contributed by atoms with Crippen LogP contribution < -0.4 is 0 Å². The number of benzene rings is 1. The van der Waals surface area contributed by atoms with E-state index in [1.165, 1.54) is 0 Å². The maximum absolute atomic E-state index is 10.7. The molecule has 0 aliphatic heterocycles. The zero-order valence-electron chi connectivity index (χ0n) is 7.96. The lowest BCUT2D eigenvalue weighted by molar-refractivity contribution is 0.0685. The highest BCUT2D eigenvalue weighted by Crippen LogP contribution is 2.17. The Morgan fingerprint density at radius 1 is 1.43 bits per heavy atom. The van der Waals surface area contributed by atoms with Gasteiger partial charge in [-0.05, 0) is 31.0 Å². The molecule has 0 radical (unpaired) electrons. The minimum Gasteiger partial charge on any atom is -0.475 e. The van der Waals surface area contributed by atoms with Crippen LogP contribution in [0.25, 0.3) is 11.0 Å². The van der Waals surface area contributed by atoms with Gasteiger partial charge in [0.05, 0.1) is 11.0 Å². The van der Waals surface area contributed by atoms with Crippen molar-refractivity contribution in [2.75, 3.05) is 0 Å². The molecule has 0 fully saturated rings. The number of carboxylic acids is 1. The first kappa shape index (κ1) is 8.74. The summed E-state index contributed by atoms with van der Waals surface area (Å²) >= 11 is 0. The van der Waals surface area contributed by atoms with Crippen LogP contribution in [-0.4, -0.2) is 21.0 Å². The molecule has 0 unspecified atom stereocenters. The minimum absolute atomic E-state index is 0.00583. The number of aromatic amines is 1. The van der Waals surface area contributed by atoms with Gasteiger partial charge >= 0.3 is 5.97 Å². The van der Waals surface area contributed by atoms with Gasteiger partial charge in [-0.3, -0.25) is 0 Å². The van der Waals surface area contributed by atoms with E-state index in [0.29, 0.717) is 0 Å². The molecule has 2 N–H and O–H groups in total. The van der Waals surface area contributed by atoms with Crippen LogP contribution in [0.3, 0.4) is 0 Å². The van der Waals surface area contributed by atoms with E-state index in [1.54, 1.807) is 0 Å². The van der Waals surface area contributed by atoms with Crippen molar-refractivity contribution < 1.29 is 9.90 Å². The second-order valence-corrected chi connectivity index (χ2v) is 3.37. The van der Waals surface area contributed by atoms with Crippen molar-refractivity contribution in [2.45, 2.75) is 13.8 Å². The maximum atomic E-state index is 10.7. The van der Waals surface area contributed by atoms with E-state index in [4.69, 9.17) is 5.11 Å². The van der Waals surface area contributed by atoms with Crippen LogP contribution >= 0.6 is 0 Å². The average Bonchev–Trinajstić information content (AvgIpc) is 2.47. The maximum Gasteiger partial charge on any atom is 0.371 e. The zero-order valence-corrected chi connectivity index (χ0v) is 7.96. The lowest BCUT2D eigenvalue weighted by atomic mass is 10.1. The Balaban J connectivity index is 2.76. The Morgan fingerprint density at radius 3 is 2.79 bits per heavy atom. The van der Waals surface area contributed by atoms with Gasteiger partial charge in [0.2, 0.25) is 5.82 Å². The number of aromatic carboxylic acids is 1. The van der Waals surface area contributed by atoms with Crippen LogP contribution in [0, 0.1) is 13.8 Å². The van der Waals surface area contributed by atoms with Crippen LogP contribution in [0.4, 0.5) is 0 Å². The summed E-state index contributed by atoms with van der Waals surface area (Å²) in [6.07, 6.45) is 0. The van der Waals surface area contributed by atoms with Gasteiger partial charge in [0, 0.05) is 0 Å². The number of nitrogens with zero attached hydrogens (tertiary/aromatic N) is 1. The van der Waals surface area contributed by atoms with Crippen molar-refractivity contribution in [3.8, 4) is 0 Å². The molecule has 0 bridgehead atoms. The number of hydrogen-bond acceptors (Lipinski definition) is 2. The highest BCUT2D eigenvalue weighted by molar-refractivity contribution is 5.90. The van der Waals surface area contributed by atoms with E-state index >= 15 is 0 Å². The first-order valence-electron chi connectivity index (χ1n) is 4.28. The highest BCUT2D eigenvalue weighted by Gasteiger charge is 2.10. The summed E-state index contributed by atoms with van der Waals surface area (Å²) < 4.78 is 0. The third-order valence-corrected chi connectivity index (χ3v) is 2.12. The van der Waals surface area contributed by atoms with Crippen LogP contribution in [0.1, 0.15) is 21.7 Å². The fourth-order valence-electron chi connectivity index (χ4n) is 1.57. The predicted molar refractivity (Wildman–Crippen MR) is 52.5 cm³/mol. The Kier molecular flexibility index (Phi) is 1.77. The van der Waals surface area contributed by atoms with E-state index in [9.17, 15) is 4.79 Å². The number of imidazole rings is 1. The molecule has 1 heterocycles. The van der Waals surface area contributed by atoms with E-state index in [-0.39, 0.29) is 5.82 Å². The first-order valence-corrected chi connectivity index (χ1v) is 4.28. The Bertz CT molecular complexity index is 514. The fourth-order valence-corrected chi connectivity index (χ4v) is 1.57. The SMILES string of the molecule is Cc1cc(C)c2nc(C(=O)O)[nH]c2c1. The molecule has 4 nitrogen and oxygen atoms in total. The van der Waals surface area contributed by atoms with Crippen molar-refractivity contribution in [2.24, 2.45) is 0 Å². The molecule has 0 aliphatic rings. The molecular weight excluding hydrogens is 180 g/mol. The first-order chi connectivity index (χ1) is 6.58. The van der Waals surface area contributed by atoms with Crippen LogP contribution in [-0.2, 0) is 0 Å². The smallest absolute Gasteiger partial charge is 0.371 e. The number of H-pyrrole nitrogens is 1. The Morgan fingerprint density at radius 2 is 2.14 bits per heavy atom. The molecule has 0 spiro atoms. The van der Waals surface area contributed by atoms with Crippen LogP contribution in [0.5, 0.6) is 0 Å². The number of nitrogens with one attached hydrogen (secondary N) is 1. The standard InChI is InChI=1S/C10H10N2O2/c1-5-3-6(2)8-7(4-5)11-9(12-8)10(13)14/h3-4H,1-2H3,(H,11,12)(H,13,14). The summed E-state index contributed by atoms with van der Waals surface area (Å²) in [6, 6.07) is 3.87. The zero-order chi connectivity index (χ0) is 10.3. The monoisotopic (exact) mass is 190 g/mol. The molecule has 0 saturated heterocycles. The number of aryl methyl sites for hydroxylation is 2. The largest absolute Gasteiger partial charge is 0.475 e. The van der Waals surface area contributed by atoms with E-state index in [0.717, 1.165) is 22.2 Å². The number of carbonyl (C=O) groups is 1. The van der Waals surface area contributed by atoms with Crippen molar-refractivity contribution in [1.29, 1.82) is 0 Å². The third-order valence-electron chi connectivity index (χ3n) is 2.12. The molecule has 0 aliphatic carbocycles. The molecule has 0 amide bonds.